The zero-order chi connectivity index (χ0) is 16.0. The molecule has 1 unspecified atom stereocenters. The molecule has 0 aliphatic rings. The molecule has 0 heterocycles. The summed E-state index contributed by atoms with van der Waals surface area (Å²) in [7, 11) is -2.06. The van der Waals surface area contributed by atoms with E-state index in [-0.39, 0.29) is 0 Å². The van der Waals surface area contributed by atoms with Crippen molar-refractivity contribution in [3.63, 3.8) is 0 Å². The lowest BCUT2D eigenvalue weighted by Gasteiger charge is -2.23. The van der Waals surface area contributed by atoms with E-state index in [2.05, 4.69) is 5.32 Å². The first-order chi connectivity index (χ1) is 9.69. The van der Waals surface area contributed by atoms with Crippen LogP contribution in [0.15, 0.2) is 30.3 Å². The van der Waals surface area contributed by atoms with Gasteiger partial charge in [0.2, 0.25) is 14.1 Å². The van der Waals surface area contributed by atoms with Crippen molar-refractivity contribution in [1.29, 1.82) is 0 Å². The Balaban J connectivity index is 2.86. The smallest absolute Gasteiger partial charge is 0.315 e. The van der Waals surface area contributed by atoms with Crippen LogP contribution in [0.2, 0.25) is 19.6 Å². The second-order valence-corrected chi connectivity index (χ2v) is 10.2. The van der Waals surface area contributed by atoms with E-state index in [9.17, 15) is 14.4 Å². The van der Waals surface area contributed by atoms with Crippen LogP contribution in [0.3, 0.4) is 0 Å². The maximum absolute atomic E-state index is 12.2. The highest BCUT2D eigenvalue weighted by molar-refractivity contribution is 6.71. The second-order valence-electron chi connectivity index (χ2n) is 5.81. The van der Waals surface area contributed by atoms with Crippen LogP contribution in [0, 0.1) is 0 Å². The number of carbonyl (C=O) groups is 3. The molecule has 0 bridgehead atoms. The number of amides is 1. The quantitative estimate of drug-likeness (QED) is 0.641. The summed E-state index contributed by atoms with van der Waals surface area (Å²) in [5, 5.41) is 2.45. The maximum atomic E-state index is 12.2. The van der Waals surface area contributed by atoms with Crippen LogP contribution in [0.5, 0.6) is 0 Å². The van der Waals surface area contributed by atoms with Crippen molar-refractivity contribution < 1.29 is 18.8 Å². The van der Waals surface area contributed by atoms with Crippen LogP contribution in [-0.4, -0.2) is 32.0 Å². The molecular formula is C15H21NO4Si. The van der Waals surface area contributed by atoms with Gasteiger partial charge in [0.1, 0.15) is 6.04 Å². The minimum atomic E-state index is -2.06. The number of hydrogen-bond acceptors (Lipinski definition) is 4. The molecular weight excluding hydrogens is 286 g/mol. The number of ketones is 1. The average molecular weight is 307 g/mol. The Morgan fingerprint density at radius 2 is 1.71 bits per heavy atom. The Morgan fingerprint density at radius 1 is 1.14 bits per heavy atom. The normalized spacial score (nSPS) is 12.4. The molecule has 1 N–H and O–H groups in total. The number of rotatable bonds is 6. The predicted octanol–water partition coefficient (Wildman–Crippen LogP) is 1.68. The molecule has 114 valence electrons. The molecule has 0 aromatic heterocycles. The number of carbonyl (C=O) groups excluding carboxylic acids is 3. The van der Waals surface area contributed by atoms with Gasteiger partial charge >= 0.3 is 5.97 Å². The standard InChI is InChI=1S/C15H21NO4Si/c1-11(17)14(18)16-13(15(19)20-21(2,3)4)10-12-8-6-5-7-9-12/h5-9,13H,10H2,1-4H3,(H,16,18). The highest BCUT2D eigenvalue weighted by atomic mass is 28.4. The molecule has 0 radical (unpaired) electrons. The maximum Gasteiger partial charge on any atom is 0.315 e. The molecule has 0 aliphatic carbocycles. The van der Waals surface area contributed by atoms with E-state index in [1.165, 1.54) is 6.92 Å². The molecule has 1 atom stereocenters. The number of nitrogens with one attached hydrogen (secondary N) is 1. The fourth-order valence-electron chi connectivity index (χ4n) is 1.68. The molecule has 1 aromatic carbocycles. The van der Waals surface area contributed by atoms with E-state index in [1.807, 2.05) is 50.0 Å². The summed E-state index contributed by atoms with van der Waals surface area (Å²) in [6.07, 6.45) is 0.295. The van der Waals surface area contributed by atoms with Crippen LogP contribution in [-0.2, 0) is 25.2 Å². The molecule has 0 fully saturated rings. The van der Waals surface area contributed by atoms with Crippen LogP contribution in [0.25, 0.3) is 0 Å². The molecule has 0 saturated heterocycles. The molecule has 1 rings (SSSR count). The zero-order valence-electron chi connectivity index (χ0n) is 12.8. The Labute approximate surface area is 125 Å². The molecule has 0 aliphatic heterocycles. The van der Waals surface area contributed by atoms with Gasteiger partial charge in [0.25, 0.3) is 5.91 Å². The van der Waals surface area contributed by atoms with Gasteiger partial charge in [-0.2, -0.15) is 0 Å². The third-order valence-electron chi connectivity index (χ3n) is 2.60. The van der Waals surface area contributed by atoms with E-state index in [4.69, 9.17) is 4.43 Å². The minimum Gasteiger partial charge on any atom is -0.518 e. The van der Waals surface area contributed by atoms with Gasteiger partial charge in [0.05, 0.1) is 0 Å². The first-order valence-electron chi connectivity index (χ1n) is 6.77. The molecule has 1 amide bonds. The lowest BCUT2D eigenvalue weighted by Crippen LogP contribution is -2.48. The molecule has 6 heteroatoms. The first-order valence-corrected chi connectivity index (χ1v) is 10.2. The number of Topliss-reactive ketones (excluding diaryl/α,β-unsaturated/α-hetero) is 1. The lowest BCUT2D eigenvalue weighted by molar-refractivity contribution is -0.142. The van der Waals surface area contributed by atoms with Gasteiger partial charge in [-0.25, -0.2) is 0 Å². The van der Waals surface area contributed by atoms with Crippen molar-refractivity contribution in [3.8, 4) is 0 Å². The van der Waals surface area contributed by atoms with E-state index < -0.39 is 32.0 Å². The van der Waals surface area contributed by atoms with E-state index in [0.717, 1.165) is 5.56 Å². The van der Waals surface area contributed by atoms with Gasteiger partial charge < -0.3 is 9.74 Å². The molecule has 0 saturated carbocycles. The Hall–Kier alpha value is -1.95. The summed E-state index contributed by atoms with van der Waals surface area (Å²) in [5.74, 6) is -1.90. The van der Waals surface area contributed by atoms with Crippen LogP contribution in [0.1, 0.15) is 12.5 Å². The predicted molar refractivity (Wildman–Crippen MR) is 82.2 cm³/mol. The van der Waals surface area contributed by atoms with Crippen molar-refractivity contribution in [2.75, 3.05) is 0 Å². The van der Waals surface area contributed by atoms with Crippen LogP contribution >= 0.6 is 0 Å². The highest BCUT2D eigenvalue weighted by Gasteiger charge is 2.28. The topological polar surface area (TPSA) is 72.5 Å². The van der Waals surface area contributed by atoms with E-state index in [1.54, 1.807) is 0 Å². The number of hydrogen-bond donors (Lipinski definition) is 1. The second kappa shape index (κ2) is 7.17. The zero-order valence-corrected chi connectivity index (χ0v) is 13.8. The lowest BCUT2D eigenvalue weighted by atomic mass is 10.1. The summed E-state index contributed by atoms with van der Waals surface area (Å²) < 4.78 is 5.43. The van der Waals surface area contributed by atoms with Gasteiger partial charge in [-0.3, -0.25) is 14.4 Å². The molecule has 21 heavy (non-hydrogen) atoms. The summed E-state index contributed by atoms with van der Waals surface area (Å²) in [6.45, 7) is 6.82. The fourth-order valence-corrected chi connectivity index (χ4v) is 2.42. The molecule has 5 nitrogen and oxygen atoms in total. The highest BCUT2D eigenvalue weighted by Crippen LogP contribution is 2.09. The summed E-state index contributed by atoms with van der Waals surface area (Å²) in [5.41, 5.74) is 0.888. The fraction of sp³-hybridized carbons (Fsp3) is 0.400. The Bertz CT molecular complexity index is 522. The largest absolute Gasteiger partial charge is 0.518 e. The van der Waals surface area contributed by atoms with E-state index >= 15 is 0 Å². The first kappa shape index (κ1) is 17.1. The number of benzene rings is 1. The SMILES string of the molecule is CC(=O)C(=O)NC(Cc1ccccc1)C(=O)O[Si](C)(C)C. The Morgan fingerprint density at radius 3 is 2.19 bits per heavy atom. The van der Waals surface area contributed by atoms with Gasteiger partial charge in [-0.05, 0) is 25.2 Å². The average Bonchev–Trinajstić information content (AvgIpc) is 2.36. The third-order valence-corrected chi connectivity index (χ3v) is 3.41. The van der Waals surface area contributed by atoms with Crippen molar-refractivity contribution >= 4 is 26.0 Å². The van der Waals surface area contributed by atoms with Gasteiger partial charge in [-0.1, -0.05) is 30.3 Å². The summed E-state index contributed by atoms with van der Waals surface area (Å²) >= 11 is 0. The van der Waals surface area contributed by atoms with E-state index in [0.29, 0.717) is 6.42 Å². The van der Waals surface area contributed by atoms with Gasteiger partial charge in [0, 0.05) is 13.3 Å². The van der Waals surface area contributed by atoms with Crippen molar-refractivity contribution in [3.05, 3.63) is 35.9 Å². The van der Waals surface area contributed by atoms with Crippen molar-refractivity contribution in [2.45, 2.75) is 39.0 Å². The van der Waals surface area contributed by atoms with Gasteiger partial charge in [0.15, 0.2) is 0 Å². The molecule has 1 aromatic rings. The van der Waals surface area contributed by atoms with Crippen molar-refractivity contribution in [2.24, 2.45) is 0 Å². The van der Waals surface area contributed by atoms with Crippen LogP contribution in [0.4, 0.5) is 0 Å². The van der Waals surface area contributed by atoms with Crippen molar-refractivity contribution in [1.82, 2.24) is 5.32 Å². The third kappa shape index (κ3) is 6.35. The monoisotopic (exact) mass is 307 g/mol. The van der Waals surface area contributed by atoms with Gasteiger partial charge in [-0.15, -0.1) is 0 Å². The summed E-state index contributed by atoms with van der Waals surface area (Å²) in [4.78, 5) is 34.8. The Kier molecular flexibility index (Phi) is 5.84. The summed E-state index contributed by atoms with van der Waals surface area (Å²) in [6, 6.07) is 8.43. The van der Waals surface area contributed by atoms with Crippen LogP contribution < -0.4 is 5.32 Å². The minimum absolute atomic E-state index is 0.295. The molecule has 0 spiro atoms.